The van der Waals surface area contributed by atoms with Crippen LogP contribution >= 0.6 is 0 Å². The van der Waals surface area contributed by atoms with Gasteiger partial charge in [-0.1, -0.05) is 30.4 Å². The molecule has 0 aliphatic carbocycles. The molecule has 88 valence electrons. The average molecular weight is 218 g/mol. The van der Waals surface area contributed by atoms with Gasteiger partial charge in [-0.15, -0.1) is 0 Å². The van der Waals surface area contributed by atoms with Crippen LogP contribution in [0.25, 0.3) is 0 Å². The summed E-state index contributed by atoms with van der Waals surface area (Å²) in [5.74, 6) is 0. The Morgan fingerprint density at radius 2 is 2.12 bits per heavy atom. The molecular formula is C14H22N2. The summed E-state index contributed by atoms with van der Waals surface area (Å²) in [5, 5.41) is 3.43. The summed E-state index contributed by atoms with van der Waals surface area (Å²) in [5.41, 5.74) is 10.9. The van der Waals surface area contributed by atoms with Crippen LogP contribution in [0.2, 0.25) is 0 Å². The van der Waals surface area contributed by atoms with Gasteiger partial charge in [0.05, 0.1) is 0 Å². The van der Waals surface area contributed by atoms with E-state index in [0.29, 0.717) is 6.54 Å². The topological polar surface area (TPSA) is 38.0 Å². The molecule has 1 aromatic carbocycles. The van der Waals surface area contributed by atoms with Crippen molar-refractivity contribution < 1.29 is 0 Å². The van der Waals surface area contributed by atoms with E-state index in [4.69, 9.17) is 5.73 Å². The predicted molar refractivity (Wildman–Crippen MR) is 70.5 cm³/mol. The van der Waals surface area contributed by atoms with Crippen LogP contribution in [0.1, 0.15) is 29.7 Å². The largest absolute Gasteiger partial charge is 0.329 e. The molecule has 2 nitrogen and oxygen atoms in total. The van der Waals surface area contributed by atoms with Gasteiger partial charge in [0, 0.05) is 19.1 Å². The van der Waals surface area contributed by atoms with Crippen LogP contribution in [-0.4, -0.2) is 13.1 Å². The molecule has 1 unspecified atom stereocenters. The molecule has 2 heteroatoms. The second-order valence-corrected chi connectivity index (χ2v) is 4.42. The van der Waals surface area contributed by atoms with Gasteiger partial charge in [0.25, 0.3) is 0 Å². The SMILES string of the molecule is C=C(C)CNC(CN)c1cccc(C)c1C. The highest BCUT2D eigenvalue weighted by atomic mass is 14.9. The van der Waals surface area contributed by atoms with Crippen LogP contribution in [0.15, 0.2) is 30.4 Å². The van der Waals surface area contributed by atoms with Crippen molar-refractivity contribution in [1.29, 1.82) is 0 Å². The van der Waals surface area contributed by atoms with Gasteiger partial charge in [-0.05, 0) is 37.5 Å². The van der Waals surface area contributed by atoms with Gasteiger partial charge in [0.1, 0.15) is 0 Å². The molecule has 0 bridgehead atoms. The normalized spacial score (nSPS) is 12.5. The third-order valence-electron chi connectivity index (χ3n) is 2.91. The van der Waals surface area contributed by atoms with Crippen molar-refractivity contribution in [2.45, 2.75) is 26.8 Å². The lowest BCUT2D eigenvalue weighted by Gasteiger charge is -2.20. The van der Waals surface area contributed by atoms with Crippen LogP contribution in [0.5, 0.6) is 0 Å². The fourth-order valence-electron chi connectivity index (χ4n) is 1.77. The minimum Gasteiger partial charge on any atom is -0.329 e. The molecule has 0 amide bonds. The van der Waals surface area contributed by atoms with Gasteiger partial charge >= 0.3 is 0 Å². The van der Waals surface area contributed by atoms with Gasteiger partial charge in [-0.3, -0.25) is 0 Å². The molecule has 1 rings (SSSR count). The zero-order valence-electron chi connectivity index (χ0n) is 10.5. The Hall–Kier alpha value is -1.12. The van der Waals surface area contributed by atoms with E-state index in [1.54, 1.807) is 0 Å². The molecule has 0 fully saturated rings. The second-order valence-electron chi connectivity index (χ2n) is 4.42. The van der Waals surface area contributed by atoms with Crippen molar-refractivity contribution in [2.24, 2.45) is 5.73 Å². The molecule has 0 radical (unpaired) electrons. The third-order valence-corrected chi connectivity index (χ3v) is 2.91. The summed E-state index contributed by atoms with van der Waals surface area (Å²) in [6.07, 6.45) is 0. The van der Waals surface area contributed by atoms with E-state index >= 15 is 0 Å². The number of hydrogen-bond donors (Lipinski definition) is 2. The van der Waals surface area contributed by atoms with E-state index in [2.05, 4.69) is 43.9 Å². The van der Waals surface area contributed by atoms with Crippen LogP contribution in [0.3, 0.4) is 0 Å². The van der Waals surface area contributed by atoms with E-state index in [-0.39, 0.29) is 6.04 Å². The molecule has 0 aromatic heterocycles. The summed E-state index contributed by atoms with van der Waals surface area (Å²) >= 11 is 0. The lowest BCUT2D eigenvalue weighted by Crippen LogP contribution is -2.30. The van der Waals surface area contributed by atoms with Gasteiger partial charge in [-0.2, -0.15) is 0 Å². The predicted octanol–water partition coefficient (Wildman–Crippen LogP) is 2.47. The zero-order chi connectivity index (χ0) is 12.1. The minimum atomic E-state index is 0.219. The summed E-state index contributed by atoms with van der Waals surface area (Å²) < 4.78 is 0. The number of hydrogen-bond acceptors (Lipinski definition) is 2. The fraction of sp³-hybridized carbons (Fsp3) is 0.429. The summed E-state index contributed by atoms with van der Waals surface area (Å²) in [4.78, 5) is 0. The van der Waals surface area contributed by atoms with Crippen molar-refractivity contribution in [1.82, 2.24) is 5.32 Å². The van der Waals surface area contributed by atoms with E-state index in [9.17, 15) is 0 Å². The molecule has 0 aliphatic rings. The number of benzene rings is 1. The van der Waals surface area contributed by atoms with Crippen molar-refractivity contribution in [3.8, 4) is 0 Å². The monoisotopic (exact) mass is 218 g/mol. The van der Waals surface area contributed by atoms with E-state index in [1.807, 2.05) is 6.92 Å². The lowest BCUT2D eigenvalue weighted by molar-refractivity contribution is 0.566. The van der Waals surface area contributed by atoms with Crippen LogP contribution in [0, 0.1) is 13.8 Å². The molecular weight excluding hydrogens is 196 g/mol. The highest BCUT2D eigenvalue weighted by Gasteiger charge is 2.11. The Kier molecular flexibility index (Phi) is 4.71. The number of rotatable bonds is 5. The standard InChI is InChI=1S/C14H22N2/c1-10(2)9-16-14(8-15)13-7-5-6-11(3)12(13)4/h5-7,14,16H,1,8-9,15H2,2-4H3. The van der Waals surface area contributed by atoms with Crippen LogP contribution < -0.4 is 11.1 Å². The second kappa shape index (κ2) is 5.83. The fourth-order valence-corrected chi connectivity index (χ4v) is 1.77. The van der Waals surface area contributed by atoms with E-state index in [1.165, 1.54) is 16.7 Å². The highest BCUT2D eigenvalue weighted by Crippen LogP contribution is 2.19. The molecule has 0 saturated carbocycles. The quantitative estimate of drug-likeness (QED) is 0.745. The van der Waals surface area contributed by atoms with E-state index < -0.39 is 0 Å². The minimum absolute atomic E-state index is 0.219. The van der Waals surface area contributed by atoms with Gasteiger partial charge in [-0.25, -0.2) is 0 Å². The number of nitrogens with two attached hydrogens (primary N) is 1. The van der Waals surface area contributed by atoms with Crippen molar-refractivity contribution in [3.63, 3.8) is 0 Å². The Labute approximate surface area is 98.6 Å². The molecule has 0 aliphatic heterocycles. The molecule has 0 spiro atoms. The third kappa shape index (κ3) is 3.19. The Balaban J connectivity index is 2.86. The maximum atomic E-state index is 5.82. The molecule has 16 heavy (non-hydrogen) atoms. The maximum absolute atomic E-state index is 5.82. The summed E-state index contributed by atoms with van der Waals surface area (Å²) in [6.45, 7) is 11.6. The molecule has 1 atom stereocenters. The van der Waals surface area contributed by atoms with E-state index in [0.717, 1.165) is 12.1 Å². The first-order chi connectivity index (χ1) is 7.56. The summed E-state index contributed by atoms with van der Waals surface area (Å²) in [7, 11) is 0. The molecule has 1 aromatic rings. The number of nitrogens with one attached hydrogen (secondary N) is 1. The first kappa shape index (κ1) is 12.9. The van der Waals surface area contributed by atoms with Gasteiger partial charge < -0.3 is 11.1 Å². The van der Waals surface area contributed by atoms with Gasteiger partial charge in [0.2, 0.25) is 0 Å². The average Bonchev–Trinajstić information content (AvgIpc) is 2.24. The zero-order valence-corrected chi connectivity index (χ0v) is 10.5. The number of aryl methyl sites for hydroxylation is 1. The molecule has 3 N–H and O–H groups in total. The van der Waals surface area contributed by atoms with Crippen LogP contribution in [-0.2, 0) is 0 Å². The first-order valence-electron chi connectivity index (χ1n) is 5.70. The highest BCUT2D eigenvalue weighted by molar-refractivity contribution is 5.35. The van der Waals surface area contributed by atoms with Crippen molar-refractivity contribution in [3.05, 3.63) is 47.0 Å². The van der Waals surface area contributed by atoms with Gasteiger partial charge in [0.15, 0.2) is 0 Å². The van der Waals surface area contributed by atoms with Crippen molar-refractivity contribution in [2.75, 3.05) is 13.1 Å². The molecule has 0 heterocycles. The van der Waals surface area contributed by atoms with Crippen molar-refractivity contribution >= 4 is 0 Å². The maximum Gasteiger partial charge on any atom is 0.0449 e. The summed E-state index contributed by atoms with van der Waals surface area (Å²) in [6, 6.07) is 6.58. The first-order valence-corrected chi connectivity index (χ1v) is 5.70. The molecule has 0 saturated heterocycles. The Morgan fingerprint density at radius 3 is 2.69 bits per heavy atom. The Morgan fingerprint density at radius 1 is 1.44 bits per heavy atom. The smallest absolute Gasteiger partial charge is 0.0449 e. The van der Waals surface area contributed by atoms with Crippen LogP contribution in [0.4, 0.5) is 0 Å². The Bertz CT molecular complexity index is 369. The lowest BCUT2D eigenvalue weighted by atomic mass is 9.97.